The number of carboxylic acids is 3. The maximum atomic E-state index is 11.6. The van der Waals surface area contributed by atoms with E-state index in [0.29, 0.717) is 12.8 Å². The van der Waals surface area contributed by atoms with Crippen LogP contribution in [0.3, 0.4) is 0 Å². The zero-order valence-electron chi connectivity index (χ0n) is 15.2. The van der Waals surface area contributed by atoms with Crippen LogP contribution in [0, 0.1) is 5.41 Å². The minimum atomic E-state index is -1.35. The fourth-order valence-corrected chi connectivity index (χ4v) is 2.57. The zero-order chi connectivity index (χ0) is 19.6. The second kappa shape index (κ2) is 10.5. The van der Waals surface area contributed by atoms with Gasteiger partial charge < -0.3 is 15.3 Å². The summed E-state index contributed by atoms with van der Waals surface area (Å²) >= 11 is 0. The number of aliphatic carboxylic acids is 3. The van der Waals surface area contributed by atoms with Crippen LogP contribution in [0.15, 0.2) is 35.5 Å². The van der Waals surface area contributed by atoms with E-state index in [1.807, 2.05) is 13.8 Å². The highest BCUT2D eigenvalue weighted by molar-refractivity contribution is 5.92. The number of hydrogen-bond acceptors (Lipinski definition) is 3. The van der Waals surface area contributed by atoms with Gasteiger partial charge in [-0.25, -0.2) is 14.4 Å². The molecule has 0 spiro atoms. The van der Waals surface area contributed by atoms with Crippen LogP contribution >= 0.6 is 0 Å². The zero-order valence-corrected chi connectivity index (χ0v) is 15.2. The first-order valence-electron chi connectivity index (χ1n) is 8.47. The molecule has 25 heavy (non-hydrogen) atoms. The molecule has 0 saturated carbocycles. The summed E-state index contributed by atoms with van der Waals surface area (Å²) in [5.41, 5.74) is -1.46. The normalized spacial score (nSPS) is 14.7. The van der Waals surface area contributed by atoms with E-state index in [-0.39, 0.29) is 36.0 Å². The van der Waals surface area contributed by atoms with Gasteiger partial charge in [-0.2, -0.15) is 0 Å². The van der Waals surface area contributed by atoms with E-state index in [1.165, 1.54) is 12.2 Å². The molecule has 0 aromatic rings. The van der Waals surface area contributed by atoms with Gasteiger partial charge in [0.15, 0.2) is 0 Å². The summed E-state index contributed by atoms with van der Waals surface area (Å²) in [6, 6.07) is 0. The first-order chi connectivity index (χ1) is 11.6. The van der Waals surface area contributed by atoms with Crippen molar-refractivity contribution in [2.24, 2.45) is 5.41 Å². The Bertz CT molecular complexity index is 585. The fraction of sp³-hybridized carbons (Fsp3) is 0.526. The molecule has 0 aliphatic rings. The molecule has 140 valence electrons. The van der Waals surface area contributed by atoms with Crippen LogP contribution in [0.4, 0.5) is 0 Å². The first-order valence-corrected chi connectivity index (χ1v) is 8.47. The summed E-state index contributed by atoms with van der Waals surface area (Å²) in [7, 11) is 0. The number of hydrogen-bond donors (Lipinski definition) is 3. The Hall–Kier alpha value is -2.37. The lowest BCUT2D eigenvalue weighted by Gasteiger charge is -2.28. The Morgan fingerprint density at radius 1 is 0.840 bits per heavy atom. The van der Waals surface area contributed by atoms with E-state index >= 15 is 0 Å². The molecule has 0 aromatic heterocycles. The van der Waals surface area contributed by atoms with Gasteiger partial charge in [0.2, 0.25) is 0 Å². The minimum absolute atomic E-state index is 0.0585. The minimum Gasteiger partial charge on any atom is -0.478 e. The van der Waals surface area contributed by atoms with Crippen molar-refractivity contribution in [3.63, 3.8) is 0 Å². The maximum Gasteiger partial charge on any atom is 0.332 e. The molecule has 0 saturated heterocycles. The topological polar surface area (TPSA) is 112 Å². The number of carboxylic acid groups (broad SMARTS) is 3. The third-order valence-electron chi connectivity index (χ3n) is 4.14. The average molecular weight is 352 g/mol. The van der Waals surface area contributed by atoms with Gasteiger partial charge in [-0.05, 0) is 25.7 Å². The van der Waals surface area contributed by atoms with Crippen molar-refractivity contribution in [1.29, 1.82) is 0 Å². The molecular weight excluding hydrogens is 324 g/mol. The Morgan fingerprint density at radius 3 is 1.64 bits per heavy atom. The smallest absolute Gasteiger partial charge is 0.332 e. The Morgan fingerprint density at radius 2 is 1.32 bits per heavy atom. The summed E-state index contributed by atoms with van der Waals surface area (Å²) in [4.78, 5) is 34.6. The molecule has 0 aliphatic carbocycles. The molecule has 6 heteroatoms. The lowest BCUT2D eigenvalue weighted by atomic mass is 9.74. The van der Waals surface area contributed by atoms with Gasteiger partial charge in [-0.15, -0.1) is 0 Å². The van der Waals surface area contributed by atoms with Crippen molar-refractivity contribution in [1.82, 2.24) is 0 Å². The van der Waals surface area contributed by atoms with Crippen LogP contribution in [0.1, 0.15) is 59.3 Å². The van der Waals surface area contributed by atoms with Gasteiger partial charge in [0.25, 0.3) is 0 Å². The highest BCUT2D eigenvalue weighted by Gasteiger charge is 2.34. The largest absolute Gasteiger partial charge is 0.478 e. The Kier molecular flexibility index (Phi) is 9.49. The van der Waals surface area contributed by atoms with Crippen molar-refractivity contribution in [3.05, 3.63) is 35.5 Å². The molecular formula is C19H28O6. The summed E-state index contributed by atoms with van der Waals surface area (Å²) in [5.74, 6) is -3.56. The van der Waals surface area contributed by atoms with Crippen LogP contribution in [-0.4, -0.2) is 33.2 Å². The fourth-order valence-electron chi connectivity index (χ4n) is 2.57. The molecule has 0 rings (SSSR count). The van der Waals surface area contributed by atoms with E-state index in [4.69, 9.17) is 0 Å². The third-order valence-corrected chi connectivity index (χ3v) is 4.14. The number of unbranched alkanes of at least 4 members (excludes halogenated alkanes) is 1. The third kappa shape index (κ3) is 6.57. The van der Waals surface area contributed by atoms with Crippen LogP contribution in [0.5, 0.6) is 0 Å². The first kappa shape index (κ1) is 22.6. The van der Waals surface area contributed by atoms with E-state index in [0.717, 1.165) is 6.42 Å². The molecule has 1 atom stereocenters. The molecule has 0 aromatic carbocycles. The van der Waals surface area contributed by atoms with Gasteiger partial charge >= 0.3 is 17.9 Å². The van der Waals surface area contributed by atoms with Gasteiger partial charge in [-0.3, -0.25) is 0 Å². The summed E-state index contributed by atoms with van der Waals surface area (Å²) in [5, 5.41) is 28.2. The molecule has 0 fully saturated rings. The van der Waals surface area contributed by atoms with E-state index in [1.54, 1.807) is 6.92 Å². The number of carbonyl (C=O) groups is 3. The average Bonchev–Trinajstić information content (AvgIpc) is 2.55. The molecule has 6 nitrogen and oxygen atoms in total. The van der Waals surface area contributed by atoms with Crippen LogP contribution in [0.25, 0.3) is 0 Å². The SMILES string of the molecule is C=C(C(=O)O)C(C=C(CCC)C(=O)O)(C=C(CCCC)C(=O)O)CC. The van der Waals surface area contributed by atoms with Gasteiger partial charge in [0, 0.05) is 22.1 Å². The summed E-state index contributed by atoms with van der Waals surface area (Å²) in [6.45, 7) is 9.01. The second-order valence-corrected chi connectivity index (χ2v) is 5.98. The van der Waals surface area contributed by atoms with E-state index < -0.39 is 23.3 Å². The van der Waals surface area contributed by atoms with Crippen molar-refractivity contribution >= 4 is 17.9 Å². The molecule has 1 unspecified atom stereocenters. The molecule has 0 aliphatic heterocycles. The Labute approximate surface area is 148 Å². The maximum absolute atomic E-state index is 11.6. The van der Waals surface area contributed by atoms with E-state index in [9.17, 15) is 29.7 Å². The second-order valence-electron chi connectivity index (χ2n) is 5.98. The van der Waals surface area contributed by atoms with E-state index in [2.05, 4.69) is 6.58 Å². The molecule has 3 N–H and O–H groups in total. The molecule has 0 amide bonds. The monoisotopic (exact) mass is 352 g/mol. The van der Waals surface area contributed by atoms with Crippen molar-refractivity contribution in [2.45, 2.75) is 59.3 Å². The number of rotatable bonds is 12. The van der Waals surface area contributed by atoms with Gasteiger partial charge in [0.05, 0.1) is 0 Å². The number of allylic oxidation sites excluding steroid dienone is 2. The van der Waals surface area contributed by atoms with Crippen LogP contribution < -0.4 is 0 Å². The van der Waals surface area contributed by atoms with Crippen molar-refractivity contribution < 1.29 is 29.7 Å². The van der Waals surface area contributed by atoms with Gasteiger partial charge in [0.1, 0.15) is 0 Å². The molecule has 0 heterocycles. The Balaban J connectivity index is 6.44. The predicted molar refractivity (Wildman–Crippen MR) is 95.4 cm³/mol. The summed E-state index contributed by atoms with van der Waals surface area (Å²) < 4.78 is 0. The van der Waals surface area contributed by atoms with Crippen molar-refractivity contribution in [3.8, 4) is 0 Å². The highest BCUT2D eigenvalue weighted by Crippen LogP contribution is 2.38. The molecule has 0 radical (unpaired) electrons. The van der Waals surface area contributed by atoms with Gasteiger partial charge in [-0.1, -0.05) is 52.3 Å². The predicted octanol–water partition coefficient (Wildman–Crippen LogP) is 4.04. The molecule has 0 bridgehead atoms. The van der Waals surface area contributed by atoms with Crippen LogP contribution in [0.2, 0.25) is 0 Å². The standard InChI is InChI=1S/C19H28O6/c1-5-8-10-15(18(24)25)12-19(7-3,13(4)16(20)21)11-14(9-6-2)17(22)23/h11-12H,4-10H2,1-3H3,(H,20,21)(H,22,23)(H,24,25). The quantitative estimate of drug-likeness (QED) is 0.457. The highest BCUT2D eigenvalue weighted by atomic mass is 16.4. The lowest BCUT2D eigenvalue weighted by Crippen LogP contribution is -2.25. The van der Waals surface area contributed by atoms with Crippen molar-refractivity contribution in [2.75, 3.05) is 0 Å². The van der Waals surface area contributed by atoms with Crippen LogP contribution in [-0.2, 0) is 14.4 Å². The summed E-state index contributed by atoms with van der Waals surface area (Å²) in [6.07, 6.45) is 5.45. The lowest BCUT2D eigenvalue weighted by molar-refractivity contribution is -0.134.